The molecule has 4 rings (SSSR count). The maximum Gasteiger partial charge on any atom is 0.417 e. The van der Waals surface area contributed by atoms with Crippen molar-refractivity contribution < 1.29 is 21.6 Å². The highest BCUT2D eigenvalue weighted by Crippen LogP contribution is 2.41. The van der Waals surface area contributed by atoms with Crippen LogP contribution in [0, 0.1) is 11.3 Å². The summed E-state index contributed by atoms with van der Waals surface area (Å²) in [6.07, 6.45) is 0.982. The Morgan fingerprint density at radius 3 is 2.26 bits per heavy atom. The van der Waals surface area contributed by atoms with Gasteiger partial charge in [-0.05, 0) is 57.4 Å². The van der Waals surface area contributed by atoms with Crippen LogP contribution >= 0.6 is 0 Å². The van der Waals surface area contributed by atoms with Gasteiger partial charge in [0.25, 0.3) is 0 Å². The molecule has 10 heteroatoms. The van der Waals surface area contributed by atoms with Crippen LogP contribution in [0.1, 0.15) is 70.0 Å². The molecule has 0 unspecified atom stereocenters. The van der Waals surface area contributed by atoms with Gasteiger partial charge in [-0.1, -0.05) is 31.4 Å². The zero-order valence-electron chi connectivity index (χ0n) is 19.8. The van der Waals surface area contributed by atoms with E-state index in [-0.39, 0.29) is 17.0 Å². The topological polar surface area (TPSA) is 87.8 Å². The minimum Gasteiger partial charge on any atom is -0.321 e. The summed E-state index contributed by atoms with van der Waals surface area (Å²) in [5.74, 6) is 0. The number of nitriles is 1. The Balaban J connectivity index is 1.88. The lowest BCUT2D eigenvalue weighted by Gasteiger charge is -2.26. The van der Waals surface area contributed by atoms with Crippen LogP contribution in [0.2, 0.25) is 0 Å². The van der Waals surface area contributed by atoms with Crippen molar-refractivity contribution in [3.8, 4) is 17.3 Å². The van der Waals surface area contributed by atoms with Gasteiger partial charge in [-0.2, -0.15) is 18.4 Å². The minimum atomic E-state index is -4.58. The summed E-state index contributed by atoms with van der Waals surface area (Å²) in [6.45, 7) is 4.77. The van der Waals surface area contributed by atoms with Crippen LogP contribution in [-0.4, -0.2) is 22.7 Å². The summed E-state index contributed by atoms with van der Waals surface area (Å²) < 4.78 is 68.7. The predicted octanol–water partition coefficient (Wildman–Crippen LogP) is 6.64. The van der Waals surface area contributed by atoms with Gasteiger partial charge >= 0.3 is 6.18 Å². The molecular formula is C25H27F3N4O2S. The molecule has 2 aromatic heterocycles. The maximum absolute atomic E-state index is 13.4. The molecule has 0 bridgehead atoms. The lowest BCUT2D eigenvalue weighted by atomic mass is 9.94. The average molecular weight is 505 g/mol. The Labute approximate surface area is 202 Å². The van der Waals surface area contributed by atoms with Gasteiger partial charge in [-0.25, -0.2) is 13.4 Å². The Bertz CT molecular complexity index is 1390. The largest absolute Gasteiger partial charge is 0.417 e. The van der Waals surface area contributed by atoms with E-state index in [9.17, 15) is 26.9 Å². The van der Waals surface area contributed by atoms with Crippen LogP contribution in [0.4, 0.5) is 18.9 Å². The number of fused-ring (bicyclic) bond motifs is 1. The van der Waals surface area contributed by atoms with Crippen molar-refractivity contribution >= 4 is 26.7 Å². The van der Waals surface area contributed by atoms with E-state index < -0.39 is 26.5 Å². The van der Waals surface area contributed by atoms with Crippen molar-refractivity contribution in [3.05, 3.63) is 47.7 Å². The van der Waals surface area contributed by atoms with Gasteiger partial charge in [-0.3, -0.25) is 4.72 Å². The fourth-order valence-electron chi connectivity index (χ4n) is 4.44. The standard InChI is InChI=1S/C25H27F3N4O2S/c1-24(2,3)35(33,34)31-18-11-9-16(10-12-18)22-21(14-29)20-13-17(25(26,27)28)15-30-23(20)32(22)19-7-5-4-6-8-19/h9-13,15,19,31H,4-8H2,1-3H3. The van der Waals surface area contributed by atoms with Crippen LogP contribution < -0.4 is 4.72 Å². The van der Waals surface area contributed by atoms with Gasteiger partial charge in [0.05, 0.1) is 21.6 Å². The predicted molar refractivity (Wildman–Crippen MR) is 129 cm³/mol. The molecule has 186 valence electrons. The van der Waals surface area contributed by atoms with Crippen LogP contribution in [-0.2, 0) is 16.2 Å². The molecule has 1 aliphatic carbocycles. The van der Waals surface area contributed by atoms with E-state index >= 15 is 0 Å². The fourth-order valence-corrected chi connectivity index (χ4v) is 5.19. The van der Waals surface area contributed by atoms with Crippen molar-refractivity contribution in [1.82, 2.24) is 9.55 Å². The van der Waals surface area contributed by atoms with Crippen LogP contribution in [0.15, 0.2) is 36.5 Å². The van der Waals surface area contributed by atoms with E-state index in [0.717, 1.165) is 44.4 Å². The van der Waals surface area contributed by atoms with Crippen molar-refractivity contribution in [2.75, 3.05) is 4.72 Å². The van der Waals surface area contributed by atoms with Gasteiger partial charge < -0.3 is 4.57 Å². The third-order valence-electron chi connectivity index (χ3n) is 6.44. The number of hydrogen-bond acceptors (Lipinski definition) is 4. The molecule has 1 saturated carbocycles. The van der Waals surface area contributed by atoms with E-state index in [4.69, 9.17) is 0 Å². The summed E-state index contributed by atoms with van der Waals surface area (Å²) in [7, 11) is -3.63. The number of pyridine rings is 1. The first-order chi connectivity index (χ1) is 16.3. The number of aromatic nitrogens is 2. The first-order valence-corrected chi connectivity index (χ1v) is 13.0. The lowest BCUT2D eigenvalue weighted by Crippen LogP contribution is -2.33. The van der Waals surface area contributed by atoms with E-state index in [1.807, 2.05) is 4.57 Å². The first kappa shape index (κ1) is 25.0. The zero-order chi connectivity index (χ0) is 25.6. The van der Waals surface area contributed by atoms with Crippen molar-refractivity contribution in [3.63, 3.8) is 0 Å². The molecule has 0 saturated heterocycles. The molecule has 0 spiro atoms. The first-order valence-electron chi connectivity index (χ1n) is 11.5. The maximum atomic E-state index is 13.4. The zero-order valence-corrected chi connectivity index (χ0v) is 20.6. The molecule has 3 aromatic rings. The number of hydrogen-bond donors (Lipinski definition) is 1. The number of nitrogens with zero attached hydrogens (tertiary/aromatic N) is 3. The number of benzene rings is 1. The monoisotopic (exact) mass is 504 g/mol. The second-order valence-corrected chi connectivity index (χ2v) is 12.3. The number of anilines is 1. The molecule has 2 heterocycles. The van der Waals surface area contributed by atoms with Gasteiger partial charge in [-0.15, -0.1) is 0 Å². The van der Waals surface area contributed by atoms with E-state index in [0.29, 0.717) is 22.6 Å². The van der Waals surface area contributed by atoms with E-state index in [1.165, 1.54) is 0 Å². The minimum absolute atomic E-state index is 0.00616. The Hall–Kier alpha value is -3.06. The van der Waals surface area contributed by atoms with Crippen molar-refractivity contribution in [2.45, 2.75) is 69.8 Å². The highest BCUT2D eigenvalue weighted by molar-refractivity contribution is 7.94. The van der Waals surface area contributed by atoms with E-state index in [2.05, 4.69) is 15.8 Å². The normalized spacial score (nSPS) is 15.8. The molecule has 0 amide bonds. The average Bonchev–Trinajstić information content (AvgIpc) is 3.12. The van der Waals surface area contributed by atoms with Crippen LogP contribution in [0.5, 0.6) is 0 Å². The Morgan fingerprint density at radius 2 is 1.71 bits per heavy atom. The van der Waals surface area contributed by atoms with E-state index in [1.54, 1.807) is 45.0 Å². The number of nitrogens with one attached hydrogen (secondary N) is 1. The molecule has 35 heavy (non-hydrogen) atoms. The fraction of sp³-hybridized carbons (Fsp3) is 0.440. The van der Waals surface area contributed by atoms with Crippen molar-refractivity contribution in [1.29, 1.82) is 5.26 Å². The lowest BCUT2D eigenvalue weighted by molar-refractivity contribution is -0.137. The molecule has 1 aromatic carbocycles. The summed E-state index contributed by atoms with van der Waals surface area (Å²) in [5, 5.41) is 10.2. The quantitative estimate of drug-likeness (QED) is 0.431. The third-order valence-corrected chi connectivity index (χ3v) is 8.55. The Kier molecular flexibility index (Phi) is 6.34. The highest BCUT2D eigenvalue weighted by atomic mass is 32.2. The second-order valence-electron chi connectivity index (χ2n) is 9.89. The Morgan fingerprint density at radius 1 is 1.09 bits per heavy atom. The number of sulfonamides is 1. The summed E-state index contributed by atoms with van der Waals surface area (Å²) in [5.41, 5.74) is 1.06. The number of rotatable bonds is 4. The summed E-state index contributed by atoms with van der Waals surface area (Å²) in [4.78, 5) is 4.17. The molecule has 1 fully saturated rings. The third kappa shape index (κ3) is 4.74. The molecule has 0 radical (unpaired) electrons. The molecule has 1 N–H and O–H groups in total. The van der Waals surface area contributed by atoms with Gasteiger partial charge in [0.1, 0.15) is 11.7 Å². The molecule has 1 aliphatic rings. The molecular weight excluding hydrogens is 477 g/mol. The van der Waals surface area contributed by atoms with Gasteiger partial charge in [0.15, 0.2) is 0 Å². The SMILES string of the molecule is CC(C)(C)S(=O)(=O)Nc1ccc(-c2c(C#N)c3cc(C(F)(F)F)cnc3n2C2CCCCC2)cc1. The van der Waals surface area contributed by atoms with Gasteiger partial charge in [0, 0.05) is 23.3 Å². The summed E-state index contributed by atoms with van der Waals surface area (Å²) >= 11 is 0. The summed E-state index contributed by atoms with van der Waals surface area (Å²) in [6, 6.07) is 9.66. The molecule has 0 atom stereocenters. The molecule has 0 aliphatic heterocycles. The van der Waals surface area contributed by atoms with Crippen LogP contribution in [0.3, 0.4) is 0 Å². The second kappa shape index (κ2) is 8.86. The van der Waals surface area contributed by atoms with Gasteiger partial charge in [0.2, 0.25) is 10.0 Å². The highest BCUT2D eigenvalue weighted by Gasteiger charge is 2.34. The number of alkyl halides is 3. The van der Waals surface area contributed by atoms with Crippen LogP contribution in [0.25, 0.3) is 22.3 Å². The molecule has 6 nitrogen and oxygen atoms in total. The van der Waals surface area contributed by atoms with Crippen molar-refractivity contribution in [2.24, 2.45) is 0 Å². The number of halogens is 3. The smallest absolute Gasteiger partial charge is 0.321 e.